The predicted octanol–water partition coefficient (Wildman–Crippen LogP) is 3.14. The molecular formula is C9H11BrFN. The van der Waals surface area contributed by atoms with E-state index in [2.05, 4.69) is 21.2 Å². The molecule has 0 aliphatic heterocycles. The van der Waals surface area contributed by atoms with Gasteiger partial charge in [-0.15, -0.1) is 0 Å². The fraction of sp³-hybridized carbons (Fsp3) is 0.333. The van der Waals surface area contributed by atoms with E-state index in [0.29, 0.717) is 6.54 Å². The Bertz CT molecular complexity index is 263. The van der Waals surface area contributed by atoms with Crippen LogP contribution in [0.1, 0.15) is 5.56 Å². The highest BCUT2D eigenvalue weighted by atomic mass is 79.9. The third-order valence-electron chi connectivity index (χ3n) is 1.58. The normalized spacial score (nSPS) is 9.92. The lowest BCUT2D eigenvalue weighted by Crippen LogP contribution is -2.02. The summed E-state index contributed by atoms with van der Waals surface area (Å²) < 4.78 is 12.9. The van der Waals surface area contributed by atoms with Crippen molar-refractivity contribution in [2.45, 2.75) is 6.92 Å². The maximum absolute atomic E-state index is 11.8. The minimum Gasteiger partial charge on any atom is -0.382 e. The van der Waals surface area contributed by atoms with Gasteiger partial charge < -0.3 is 5.32 Å². The van der Waals surface area contributed by atoms with Crippen LogP contribution >= 0.6 is 15.9 Å². The van der Waals surface area contributed by atoms with Crippen LogP contribution in [0.3, 0.4) is 0 Å². The van der Waals surface area contributed by atoms with Crippen LogP contribution in [-0.4, -0.2) is 13.2 Å². The van der Waals surface area contributed by atoms with E-state index in [1.165, 1.54) is 0 Å². The summed E-state index contributed by atoms with van der Waals surface area (Å²) in [4.78, 5) is 0. The molecule has 0 spiro atoms. The molecule has 0 fully saturated rings. The van der Waals surface area contributed by atoms with Gasteiger partial charge in [0.05, 0.1) is 0 Å². The summed E-state index contributed by atoms with van der Waals surface area (Å²) in [5, 5.41) is 2.97. The fourth-order valence-corrected chi connectivity index (χ4v) is 1.19. The average molecular weight is 232 g/mol. The molecule has 1 nitrogen and oxygen atoms in total. The van der Waals surface area contributed by atoms with E-state index < -0.39 is 0 Å². The highest BCUT2D eigenvalue weighted by Gasteiger charge is 1.95. The first-order valence-electron chi connectivity index (χ1n) is 3.80. The van der Waals surface area contributed by atoms with Crippen LogP contribution in [0.15, 0.2) is 22.7 Å². The van der Waals surface area contributed by atoms with Crippen molar-refractivity contribution in [3.8, 4) is 0 Å². The molecule has 0 aromatic heterocycles. The van der Waals surface area contributed by atoms with Gasteiger partial charge in [0.25, 0.3) is 0 Å². The largest absolute Gasteiger partial charge is 0.382 e. The molecule has 0 amide bonds. The van der Waals surface area contributed by atoms with Gasteiger partial charge in [0.1, 0.15) is 6.67 Å². The number of anilines is 1. The lowest BCUT2D eigenvalue weighted by molar-refractivity contribution is 0.513. The van der Waals surface area contributed by atoms with E-state index in [-0.39, 0.29) is 6.67 Å². The zero-order valence-corrected chi connectivity index (χ0v) is 8.49. The minimum atomic E-state index is -0.338. The summed E-state index contributed by atoms with van der Waals surface area (Å²) in [5.74, 6) is 0. The van der Waals surface area contributed by atoms with Gasteiger partial charge in [0.15, 0.2) is 0 Å². The van der Waals surface area contributed by atoms with Crippen LogP contribution in [0.4, 0.5) is 10.1 Å². The number of halogens is 2. The van der Waals surface area contributed by atoms with Gasteiger partial charge in [0.2, 0.25) is 0 Å². The average Bonchev–Trinajstić information content (AvgIpc) is 2.07. The van der Waals surface area contributed by atoms with Gasteiger partial charge in [-0.3, -0.25) is 0 Å². The first-order valence-corrected chi connectivity index (χ1v) is 4.59. The Hall–Kier alpha value is -0.570. The van der Waals surface area contributed by atoms with Gasteiger partial charge in [-0.05, 0) is 30.7 Å². The van der Waals surface area contributed by atoms with Crippen LogP contribution < -0.4 is 5.32 Å². The highest BCUT2D eigenvalue weighted by Crippen LogP contribution is 2.19. The van der Waals surface area contributed by atoms with E-state index in [1.807, 2.05) is 25.1 Å². The topological polar surface area (TPSA) is 12.0 Å². The second-order valence-corrected chi connectivity index (χ2v) is 3.43. The zero-order valence-electron chi connectivity index (χ0n) is 6.90. The maximum Gasteiger partial charge on any atom is 0.107 e. The van der Waals surface area contributed by atoms with Gasteiger partial charge in [-0.1, -0.05) is 15.9 Å². The molecule has 1 N–H and O–H groups in total. The van der Waals surface area contributed by atoms with Gasteiger partial charge in [-0.25, -0.2) is 4.39 Å². The molecule has 66 valence electrons. The summed E-state index contributed by atoms with van der Waals surface area (Å²) in [5.41, 5.74) is 2.12. The summed E-state index contributed by atoms with van der Waals surface area (Å²) in [6.45, 7) is 2.04. The Morgan fingerprint density at radius 1 is 1.50 bits per heavy atom. The monoisotopic (exact) mass is 231 g/mol. The molecule has 3 heteroatoms. The molecule has 0 atom stereocenters. The smallest absolute Gasteiger partial charge is 0.107 e. The molecular weight excluding hydrogens is 221 g/mol. The zero-order chi connectivity index (χ0) is 8.97. The molecule has 1 aromatic rings. The Kier molecular flexibility index (Phi) is 3.53. The Morgan fingerprint density at radius 3 is 2.83 bits per heavy atom. The van der Waals surface area contributed by atoms with Crippen molar-refractivity contribution >= 4 is 21.6 Å². The van der Waals surface area contributed by atoms with Crippen molar-refractivity contribution < 1.29 is 4.39 Å². The molecule has 0 saturated carbocycles. The van der Waals surface area contributed by atoms with Crippen LogP contribution in [0.5, 0.6) is 0 Å². The first-order chi connectivity index (χ1) is 5.74. The Balaban J connectivity index is 2.69. The number of hydrogen-bond donors (Lipinski definition) is 1. The van der Waals surface area contributed by atoms with E-state index in [9.17, 15) is 4.39 Å². The Labute approximate surface area is 80.1 Å². The molecule has 1 aromatic carbocycles. The summed E-state index contributed by atoms with van der Waals surface area (Å²) >= 11 is 3.40. The summed E-state index contributed by atoms with van der Waals surface area (Å²) in [6.07, 6.45) is 0. The SMILES string of the molecule is Cc1cc(NCCF)ccc1Br. The van der Waals surface area contributed by atoms with Crippen LogP contribution in [0, 0.1) is 6.92 Å². The first kappa shape index (κ1) is 9.52. The molecule has 0 heterocycles. The molecule has 0 unspecified atom stereocenters. The van der Waals surface area contributed by atoms with E-state index in [1.54, 1.807) is 0 Å². The molecule has 12 heavy (non-hydrogen) atoms. The van der Waals surface area contributed by atoms with Crippen molar-refractivity contribution in [2.75, 3.05) is 18.5 Å². The standard InChI is InChI=1S/C9H11BrFN/c1-7-6-8(12-5-4-11)2-3-9(7)10/h2-3,6,12H,4-5H2,1H3. The third-order valence-corrected chi connectivity index (χ3v) is 2.47. The van der Waals surface area contributed by atoms with E-state index in [0.717, 1.165) is 15.7 Å². The van der Waals surface area contributed by atoms with Crippen molar-refractivity contribution in [3.63, 3.8) is 0 Å². The third kappa shape index (κ3) is 2.48. The number of rotatable bonds is 3. The van der Waals surface area contributed by atoms with Crippen molar-refractivity contribution in [3.05, 3.63) is 28.2 Å². The lowest BCUT2D eigenvalue weighted by atomic mass is 10.2. The number of alkyl halides is 1. The van der Waals surface area contributed by atoms with Gasteiger partial charge in [-0.2, -0.15) is 0 Å². The van der Waals surface area contributed by atoms with Crippen LogP contribution in [-0.2, 0) is 0 Å². The second-order valence-electron chi connectivity index (χ2n) is 2.58. The molecule has 1 rings (SSSR count). The second kappa shape index (κ2) is 4.45. The van der Waals surface area contributed by atoms with E-state index >= 15 is 0 Å². The van der Waals surface area contributed by atoms with Crippen molar-refractivity contribution in [2.24, 2.45) is 0 Å². The number of hydrogen-bond acceptors (Lipinski definition) is 1. The van der Waals surface area contributed by atoms with Crippen LogP contribution in [0.2, 0.25) is 0 Å². The molecule has 0 radical (unpaired) electrons. The number of aryl methyl sites for hydroxylation is 1. The van der Waals surface area contributed by atoms with Gasteiger partial charge >= 0.3 is 0 Å². The quantitative estimate of drug-likeness (QED) is 0.844. The van der Waals surface area contributed by atoms with Crippen LogP contribution in [0.25, 0.3) is 0 Å². The van der Waals surface area contributed by atoms with E-state index in [4.69, 9.17) is 0 Å². The van der Waals surface area contributed by atoms with Crippen molar-refractivity contribution in [1.29, 1.82) is 0 Å². The minimum absolute atomic E-state index is 0.338. The fourth-order valence-electron chi connectivity index (χ4n) is 0.946. The number of benzene rings is 1. The van der Waals surface area contributed by atoms with Crippen molar-refractivity contribution in [1.82, 2.24) is 0 Å². The highest BCUT2D eigenvalue weighted by molar-refractivity contribution is 9.10. The molecule has 0 aliphatic rings. The summed E-state index contributed by atoms with van der Waals surface area (Å²) in [7, 11) is 0. The molecule has 0 aliphatic carbocycles. The maximum atomic E-state index is 11.8. The predicted molar refractivity (Wildman–Crippen MR) is 53.3 cm³/mol. The molecule has 0 saturated heterocycles. The Morgan fingerprint density at radius 2 is 2.25 bits per heavy atom. The lowest BCUT2D eigenvalue weighted by Gasteiger charge is -2.05. The van der Waals surface area contributed by atoms with Gasteiger partial charge in [0, 0.05) is 16.7 Å². The molecule has 0 bridgehead atoms. The summed E-state index contributed by atoms with van der Waals surface area (Å²) in [6, 6.07) is 5.86. The number of nitrogens with one attached hydrogen (secondary N) is 1.